The van der Waals surface area contributed by atoms with Crippen LogP contribution in [0.25, 0.3) is 0 Å². The SMILES string of the molecule is O=C1CCC[C@@H](O)c2ccccc21. The Morgan fingerprint density at radius 3 is 2.92 bits per heavy atom. The number of carbonyl (C=O) groups excluding carboxylic acids is 1. The van der Waals surface area contributed by atoms with Crippen molar-refractivity contribution in [2.24, 2.45) is 0 Å². The van der Waals surface area contributed by atoms with E-state index in [0.717, 1.165) is 12.0 Å². The Balaban J connectivity index is 2.51. The quantitative estimate of drug-likeness (QED) is 0.614. The Bertz CT molecular complexity index is 331. The molecule has 0 aromatic heterocycles. The minimum atomic E-state index is -0.456. The van der Waals surface area contributed by atoms with Crippen LogP contribution in [0.3, 0.4) is 0 Å². The van der Waals surface area contributed by atoms with Crippen molar-refractivity contribution in [2.75, 3.05) is 0 Å². The van der Waals surface area contributed by atoms with E-state index in [2.05, 4.69) is 0 Å². The van der Waals surface area contributed by atoms with Gasteiger partial charge in [0.1, 0.15) is 0 Å². The summed E-state index contributed by atoms with van der Waals surface area (Å²) in [4.78, 5) is 11.5. The molecule has 0 unspecified atom stereocenters. The molecule has 1 atom stereocenters. The molecule has 1 aliphatic rings. The van der Waals surface area contributed by atoms with Gasteiger partial charge in [0.25, 0.3) is 0 Å². The largest absolute Gasteiger partial charge is 0.388 e. The molecule has 0 saturated heterocycles. The molecule has 1 N–H and O–H groups in total. The highest BCUT2D eigenvalue weighted by molar-refractivity contribution is 5.97. The molecule has 1 aromatic carbocycles. The van der Waals surface area contributed by atoms with Crippen molar-refractivity contribution in [3.8, 4) is 0 Å². The Kier molecular flexibility index (Phi) is 2.15. The molecule has 1 aromatic rings. The summed E-state index contributed by atoms with van der Waals surface area (Å²) in [5, 5.41) is 9.71. The lowest BCUT2D eigenvalue weighted by Gasteiger charge is -2.09. The van der Waals surface area contributed by atoms with E-state index in [-0.39, 0.29) is 5.78 Å². The van der Waals surface area contributed by atoms with Crippen molar-refractivity contribution in [3.63, 3.8) is 0 Å². The van der Waals surface area contributed by atoms with Crippen molar-refractivity contribution in [1.82, 2.24) is 0 Å². The number of hydrogen-bond donors (Lipinski definition) is 1. The van der Waals surface area contributed by atoms with Gasteiger partial charge in [0.2, 0.25) is 0 Å². The van der Waals surface area contributed by atoms with E-state index in [0.29, 0.717) is 18.4 Å². The topological polar surface area (TPSA) is 37.3 Å². The number of ketones is 1. The van der Waals surface area contributed by atoms with Crippen molar-refractivity contribution in [3.05, 3.63) is 35.4 Å². The summed E-state index contributed by atoms with van der Waals surface area (Å²) in [6.07, 6.45) is 1.59. The second kappa shape index (κ2) is 3.30. The molecule has 68 valence electrons. The van der Waals surface area contributed by atoms with Crippen LogP contribution in [0.5, 0.6) is 0 Å². The van der Waals surface area contributed by atoms with Crippen LogP contribution in [0.15, 0.2) is 24.3 Å². The third-order valence-corrected chi connectivity index (χ3v) is 2.50. The number of benzene rings is 1. The maximum absolute atomic E-state index is 11.5. The first-order chi connectivity index (χ1) is 6.29. The summed E-state index contributed by atoms with van der Waals surface area (Å²) in [5.41, 5.74) is 1.50. The molecule has 0 radical (unpaired) electrons. The lowest BCUT2D eigenvalue weighted by molar-refractivity contribution is 0.0981. The lowest BCUT2D eigenvalue weighted by atomic mass is 10.0. The van der Waals surface area contributed by atoms with Crippen LogP contribution in [0.2, 0.25) is 0 Å². The smallest absolute Gasteiger partial charge is 0.163 e. The average molecular weight is 176 g/mol. The van der Waals surface area contributed by atoms with Crippen LogP contribution in [0, 0.1) is 0 Å². The summed E-state index contributed by atoms with van der Waals surface area (Å²) < 4.78 is 0. The summed E-state index contributed by atoms with van der Waals surface area (Å²) in [6.45, 7) is 0. The van der Waals surface area contributed by atoms with E-state index in [1.165, 1.54) is 0 Å². The number of carbonyl (C=O) groups is 1. The first kappa shape index (κ1) is 8.45. The van der Waals surface area contributed by atoms with E-state index in [9.17, 15) is 9.90 Å². The van der Waals surface area contributed by atoms with Gasteiger partial charge in [-0.15, -0.1) is 0 Å². The highest BCUT2D eigenvalue weighted by Gasteiger charge is 2.20. The highest BCUT2D eigenvalue weighted by Crippen LogP contribution is 2.27. The molecule has 2 rings (SSSR count). The van der Waals surface area contributed by atoms with E-state index in [4.69, 9.17) is 0 Å². The Morgan fingerprint density at radius 1 is 1.31 bits per heavy atom. The first-order valence-corrected chi connectivity index (χ1v) is 4.59. The van der Waals surface area contributed by atoms with Crippen molar-refractivity contribution in [2.45, 2.75) is 25.4 Å². The van der Waals surface area contributed by atoms with Gasteiger partial charge in [0.15, 0.2) is 5.78 Å². The van der Waals surface area contributed by atoms with Gasteiger partial charge in [-0.25, -0.2) is 0 Å². The summed E-state index contributed by atoms with van der Waals surface area (Å²) >= 11 is 0. The van der Waals surface area contributed by atoms with Crippen LogP contribution in [-0.2, 0) is 0 Å². The molecule has 0 heterocycles. The van der Waals surface area contributed by atoms with Crippen molar-refractivity contribution < 1.29 is 9.90 Å². The van der Waals surface area contributed by atoms with Gasteiger partial charge in [0, 0.05) is 12.0 Å². The number of aliphatic hydroxyl groups excluding tert-OH is 1. The molecule has 0 bridgehead atoms. The summed E-state index contributed by atoms with van der Waals surface area (Å²) in [7, 11) is 0. The molecular weight excluding hydrogens is 164 g/mol. The monoisotopic (exact) mass is 176 g/mol. The van der Waals surface area contributed by atoms with Crippen molar-refractivity contribution in [1.29, 1.82) is 0 Å². The zero-order valence-electron chi connectivity index (χ0n) is 7.36. The molecule has 1 aliphatic carbocycles. The minimum absolute atomic E-state index is 0.159. The fourth-order valence-corrected chi connectivity index (χ4v) is 1.79. The first-order valence-electron chi connectivity index (χ1n) is 4.59. The second-order valence-electron chi connectivity index (χ2n) is 3.42. The van der Waals surface area contributed by atoms with Gasteiger partial charge < -0.3 is 5.11 Å². The predicted molar refractivity (Wildman–Crippen MR) is 49.6 cm³/mol. The molecule has 2 nitrogen and oxygen atoms in total. The molecular formula is C11H12O2. The van der Waals surface area contributed by atoms with E-state index in [1.807, 2.05) is 18.2 Å². The second-order valence-corrected chi connectivity index (χ2v) is 3.42. The molecule has 0 amide bonds. The molecule has 0 fully saturated rings. The number of Topliss-reactive ketones (excluding diaryl/α,β-unsaturated/α-hetero) is 1. The predicted octanol–water partition coefficient (Wildman–Crippen LogP) is 2.09. The van der Waals surface area contributed by atoms with Gasteiger partial charge in [0.05, 0.1) is 6.10 Å². The third-order valence-electron chi connectivity index (χ3n) is 2.50. The highest BCUT2D eigenvalue weighted by atomic mass is 16.3. The van der Waals surface area contributed by atoms with E-state index < -0.39 is 6.10 Å². The van der Waals surface area contributed by atoms with Gasteiger partial charge in [-0.05, 0) is 18.4 Å². The zero-order chi connectivity index (χ0) is 9.26. The molecule has 0 saturated carbocycles. The molecule has 0 aliphatic heterocycles. The minimum Gasteiger partial charge on any atom is -0.388 e. The van der Waals surface area contributed by atoms with Crippen molar-refractivity contribution >= 4 is 5.78 Å². The number of rotatable bonds is 0. The Morgan fingerprint density at radius 2 is 2.08 bits per heavy atom. The standard InChI is InChI=1S/C11H12O2/c12-10-6-3-7-11(13)9-5-2-1-4-8(9)10/h1-2,4-5,10,12H,3,6-7H2/t10-/m1/s1. The fraction of sp³-hybridized carbons (Fsp3) is 0.364. The van der Waals surface area contributed by atoms with Gasteiger partial charge >= 0.3 is 0 Å². The van der Waals surface area contributed by atoms with Crippen LogP contribution in [0.1, 0.15) is 41.3 Å². The summed E-state index contributed by atoms with van der Waals surface area (Å²) in [6, 6.07) is 7.34. The maximum atomic E-state index is 11.5. The normalized spacial score (nSPS) is 22.2. The van der Waals surface area contributed by atoms with Crippen LogP contribution in [0.4, 0.5) is 0 Å². The Labute approximate surface area is 77.2 Å². The van der Waals surface area contributed by atoms with Crippen LogP contribution in [-0.4, -0.2) is 10.9 Å². The number of hydrogen-bond acceptors (Lipinski definition) is 2. The number of fused-ring (bicyclic) bond motifs is 1. The average Bonchev–Trinajstić information content (AvgIpc) is 2.29. The third kappa shape index (κ3) is 1.49. The maximum Gasteiger partial charge on any atom is 0.163 e. The zero-order valence-corrected chi connectivity index (χ0v) is 7.36. The van der Waals surface area contributed by atoms with Crippen LogP contribution < -0.4 is 0 Å². The molecule has 2 heteroatoms. The lowest BCUT2D eigenvalue weighted by Crippen LogP contribution is -2.01. The van der Waals surface area contributed by atoms with Gasteiger partial charge in [-0.3, -0.25) is 4.79 Å². The molecule has 0 spiro atoms. The molecule has 13 heavy (non-hydrogen) atoms. The fourth-order valence-electron chi connectivity index (χ4n) is 1.79. The summed E-state index contributed by atoms with van der Waals surface area (Å²) in [5.74, 6) is 0.159. The van der Waals surface area contributed by atoms with Gasteiger partial charge in [-0.2, -0.15) is 0 Å². The van der Waals surface area contributed by atoms with Crippen LogP contribution >= 0.6 is 0 Å². The van der Waals surface area contributed by atoms with E-state index in [1.54, 1.807) is 6.07 Å². The van der Waals surface area contributed by atoms with Gasteiger partial charge in [-0.1, -0.05) is 24.3 Å². The van der Waals surface area contributed by atoms with E-state index >= 15 is 0 Å². The number of aliphatic hydroxyl groups is 1. The Hall–Kier alpha value is -1.15.